The molecule has 0 fully saturated rings. The van der Waals surface area contributed by atoms with Gasteiger partial charge in [0.2, 0.25) is 0 Å². The molecule has 0 spiro atoms. The van der Waals surface area contributed by atoms with E-state index >= 15 is 0 Å². The quantitative estimate of drug-likeness (QED) is 0.122. The number of aromatic nitrogens is 8. The van der Waals surface area contributed by atoms with E-state index in [4.69, 9.17) is 9.97 Å². The number of nitrogens with zero attached hydrogens (tertiary/aromatic N) is 8. The van der Waals surface area contributed by atoms with Crippen LogP contribution < -0.4 is 0 Å². The fourth-order valence-electron chi connectivity index (χ4n) is 20.3. The van der Waals surface area contributed by atoms with Gasteiger partial charge >= 0.3 is 0 Å². The number of benzene rings is 19. The third-order valence-corrected chi connectivity index (χ3v) is 26.0. The molecular formula is C116H72N8. The molecule has 124 heavy (non-hydrogen) atoms. The van der Waals surface area contributed by atoms with Gasteiger partial charge in [-0.2, -0.15) is 0 Å². The Kier molecular flexibility index (Phi) is 15.3. The second-order valence-corrected chi connectivity index (χ2v) is 32.8. The van der Waals surface area contributed by atoms with Crippen molar-refractivity contribution in [3.05, 3.63) is 437 Å². The zero-order valence-electron chi connectivity index (χ0n) is 67.1. The Morgan fingerprint density at radius 2 is 0.355 bits per heavy atom. The molecule has 0 aliphatic heterocycles. The smallest absolute Gasteiger partial charge is 0.160 e. The van der Waals surface area contributed by atoms with Crippen LogP contribution in [0.4, 0.5) is 0 Å². The molecule has 0 atom stereocenters. The van der Waals surface area contributed by atoms with Gasteiger partial charge in [-0.05, 0) is 257 Å². The van der Waals surface area contributed by atoms with Gasteiger partial charge in [-0.3, -0.25) is 0 Å². The molecule has 7 aromatic heterocycles. The minimum absolute atomic E-state index is 0.650. The average Bonchev–Trinajstić information content (AvgIpc) is 1.59. The summed E-state index contributed by atoms with van der Waals surface area (Å²) in [6.07, 6.45) is 0. The highest BCUT2D eigenvalue weighted by Gasteiger charge is 2.24. The predicted octanol–water partition coefficient (Wildman–Crippen LogP) is 30.2. The molecule has 26 aromatic rings. The van der Waals surface area contributed by atoms with Crippen molar-refractivity contribution in [3.63, 3.8) is 0 Å². The Balaban J connectivity index is 0.599. The van der Waals surface area contributed by atoms with E-state index in [1.54, 1.807) is 0 Å². The molecule has 0 N–H and O–H groups in total. The summed E-state index contributed by atoms with van der Waals surface area (Å²) in [4.78, 5) is 11.0. The van der Waals surface area contributed by atoms with E-state index in [9.17, 15) is 0 Å². The van der Waals surface area contributed by atoms with Gasteiger partial charge in [0.05, 0.1) is 77.4 Å². The van der Waals surface area contributed by atoms with Crippen LogP contribution in [0.25, 0.3) is 243 Å². The third kappa shape index (κ3) is 10.8. The zero-order chi connectivity index (χ0) is 81.2. The van der Waals surface area contributed by atoms with E-state index in [1.165, 1.54) is 98.0 Å². The van der Waals surface area contributed by atoms with Gasteiger partial charge in [-0.25, -0.2) is 9.97 Å². The molecular weight excluding hydrogens is 1510 g/mol. The van der Waals surface area contributed by atoms with Crippen LogP contribution in [-0.4, -0.2) is 37.4 Å². The Bertz CT molecular complexity index is 8480. The summed E-state index contributed by atoms with van der Waals surface area (Å²) < 4.78 is 14.4. The average molecular weight is 1580 g/mol. The van der Waals surface area contributed by atoms with Crippen molar-refractivity contribution in [2.45, 2.75) is 0 Å². The lowest BCUT2D eigenvalue weighted by Crippen LogP contribution is -1.98. The van der Waals surface area contributed by atoms with Crippen molar-refractivity contribution in [3.8, 4) is 101 Å². The highest BCUT2D eigenvalue weighted by Crippen LogP contribution is 2.46. The standard InChI is InChI=1S/C116H72N8/c1-5-25-83(26-6-1)119-103-40-19-14-34-89(103)94-65-74(46-56-107(94)119)78-50-60-111-98(69-78)99-70-79(75-47-57-108-95(66-75)90-35-15-20-41-104(90)120(108)84-27-7-2-8-28-84)51-61-112(99)123(111)87-54-44-73(45-55-87)116-117-102-39-18-13-38-93(102)115(118-116)82-24-23-33-88(64-82)124-113-62-52-80(76-48-58-109-96(67-76)91-36-16-21-42-105(91)121(109)85-29-9-3-10-30-85)71-100(113)101-72-81(53-63-114(101)124)77-49-59-110-97(68-77)92-37-17-22-43-106(92)122(110)86-31-11-4-12-32-86/h1-72H. The van der Waals surface area contributed by atoms with Crippen molar-refractivity contribution < 1.29 is 0 Å². The first-order valence-electron chi connectivity index (χ1n) is 42.5. The van der Waals surface area contributed by atoms with Crippen molar-refractivity contribution >= 4 is 142 Å². The van der Waals surface area contributed by atoms with Crippen LogP contribution in [0.1, 0.15) is 0 Å². The van der Waals surface area contributed by atoms with Gasteiger partial charge in [-0.1, -0.05) is 224 Å². The Hall–Kier alpha value is -16.7. The molecule has 0 bridgehead atoms. The summed E-state index contributed by atoms with van der Waals surface area (Å²) in [5, 5.41) is 15.4. The summed E-state index contributed by atoms with van der Waals surface area (Å²) in [6.45, 7) is 0. The summed E-state index contributed by atoms with van der Waals surface area (Å²) in [7, 11) is 0. The highest BCUT2D eigenvalue weighted by molar-refractivity contribution is 6.18. The van der Waals surface area contributed by atoms with Gasteiger partial charge in [0.1, 0.15) is 0 Å². The number of para-hydroxylation sites is 9. The Morgan fingerprint density at radius 1 is 0.129 bits per heavy atom. The molecule has 0 amide bonds. The van der Waals surface area contributed by atoms with Crippen molar-refractivity contribution in [1.29, 1.82) is 0 Å². The van der Waals surface area contributed by atoms with Crippen molar-refractivity contribution in [2.24, 2.45) is 0 Å². The Morgan fingerprint density at radius 3 is 0.661 bits per heavy atom. The molecule has 8 heteroatoms. The van der Waals surface area contributed by atoms with Crippen LogP contribution in [0.15, 0.2) is 437 Å². The van der Waals surface area contributed by atoms with E-state index in [-0.39, 0.29) is 0 Å². The topological polar surface area (TPSA) is 55.4 Å². The minimum atomic E-state index is 0.650. The van der Waals surface area contributed by atoms with Gasteiger partial charge in [0.25, 0.3) is 0 Å². The molecule has 19 aromatic carbocycles. The molecule has 0 saturated carbocycles. The van der Waals surface area contributed by atoms with E-state index in [0.29, 0.717) is 5.82 Å². The van der Waals surface area contributed by atoms with Crippen LogP contribution in [0.2, 0.25) is 0 Å². The van der Waals surface area contributed by atoms with Crippen LogP contribution in [0.5, 0.6) is 0 Å². The Labute approximate surface area is 712 Å². The predicted molar refractivity (Wildman–Crippen MR) is 518 cm³/mol. The normalized spacial score (nSPS) is 12.0. The maximum Gasteiger partial charge on any atom is 0.160 e. The van der Waals surface area contributed by atoms with Crippen LogP contribution >= 0.6 is 0 Å². The van der Waals surface area contributed by atoms with Crippen molar-refractivity contribution in [1.82, 2.24) is 37.4 Å². The molecule has 576 valence electrons. The van der Waals surface area contributed by atoms with Gasteiger partial charge in [-0.15, -0.1) is 0 Å². The highest BCUT2D eigenvalue weighted by atomic mass is 15.0. The maximum atomic E-state index is 5.64. The van der Waals surface area contributed by atoms with Crippen LogP contribution in [0, 0.1) is 0 Å². The van der Waals surface area contributed by atoms with Crippen molar-refractivity contribution in [2.75, 3.05) is 0 Å². The first-order chi connectivity index (χ1) is 61.5. The fourth-order valence-corrected chi connectivity index (χ4v) is 20.3. The summed E-state index contributed by atoms with van der Waals surface area (Å²) in [6, 6.07) is 160. The number of hydrogen-bond donors (Lipinski definition) is 0. The minimum Gasteiger partial charge on any atom is -0.309 e. The first kappa shape index (κ1) is 69.3. The van der Waals surface area contributed by atoms with E-state index < -0.39 is 0 Å². The van der Waals surface area contributed by atoms with Gasteiger partial charge < -0.3 is 27.4 Å². The van der Waals surface area contributed by atoms with Gasteiger partial charge in [0.15, 0.2) is 5.82 Å². The lowest BCUT2D eigenvalue weighted by atomic mass is 9.98. The summed E-state index contributed by atoms with van der Waals surface area (Å²) in [5.41, 5.74) is 33.4. The largest absolute Gasteiger partial charge is 0.309 e. The zero-order valence-corrected chi connectivity index (χ0v) is 67.1. The molecule has 0 radical (unpaired) electrons. The van der Waals surface area contributed by atoms with E-state index in [0.717, 1.165) is 139 Å². The number of hydrogen-bond acceptors (Lipinski definition) is 2. The molecule has 7 heterocycles. The molecule has 0 saturated heterocycles. The first-order valence-corrected chi connectivity index (χ1v) is 42.5. The molecule has 8 nitrogen and oxygen atoms in total. The fraction of sp³-hybridized carbons (Fsp3) is 0. The van der Waals surface area contributed by atoms with E-state index in [1.807, 2.05) is 0 Å². The third-order valence-electron chi connectivity index (χ3n) is 26.0. The second kappa shape index (κ2) is 27.4. The summed E-state index contributed by atoms with van der Waals surface area (Å²) in [5.74, 6) is 0.650. The number of fused-ring (bicyclic) bond motifs is 19. The molecule has 0 aliphatic carbocycles. The van der Waals surface area contributed by atoms with Crippen LogP contribution in [-0.2, 0) is 0 Å². The second-order valence-electron chi connectivity index (χ2n) is 32.8. The monoisotopic (exact) mass is 1580 g/mol. The lowest BCUT2D eigenvalue weighted by Gasteiger charge is -2.13. The number of rotatable bonds is 12. The van der Waals surface area contributed by atoms with Gasteiger partial charge in [0, 0.05) is 115 Å². The lowest BCUT2D eigenvalue weighted by molar-refractivity contribution is 1.17. The summed E-state index contributed by atoms with van der Waals surface area (Å²) >= 11 is 0. The van der Waals surface area contributed by atoms with E-state index in [2.05, 4.69) is 464 Å². The SMILES string of the molecule is c1ccc(-n2c3ccccc3c3cc(-c4ccc5c(c4)c4cc(-c6ccc7c(c6)c6ccccc6n7-c6ccccc6)ccc4n5-c4ccc(-c5nc(-c6cccc(-n7c8ccc(-c9ccc%10c(c9)c9ccccc9n%10-c9ccccc9)cc8c8cc(-c9ccc%10c(c9)c9ccccc9n%10-c9ccccc9)ccc87)c6)c6ccccc6n5)cc4)ccc32)cc1. The molecule has 26 rings (SSSR count). The molecule has 0 unspecified atom stereocenters. The maximum absolute atomic E-state index is 5.64. The molecule has 0 aliphatic rings. The van der Waals surface area contributed by atoms with Crippen LogP contribution in [0.3, 0.4) is 0 Å².